The van der Waals surface area contributed by atoms with Crippen molar-refractivity contribution in [2.45, 2.75) is 52.7 Å². The number of benzene rings is 1. The lowest BCUT2D eigenvalue weighted by molar-refractivity contribution is -0.126. The number of carbonyl (C=O) groups is 1. The Morgan fingerprint density at radius 3 is 2.50 bits per heavy atom. The Kier molecular flexibility index (Phi) is 6.52. The van der Waals surface area contributed by atoms with Crippen molar-refractivity contribution in [3.8, 4) is 0 Å². The van der Waals surface area contributed by atoms with E-state index in [9.17, 15) is 4.79 Å². The first kappa shape index (κ1) is 16.5. The molecule has 0 spiro atoms. The Hall–Kier alpha value is -1.55. The van der Waals surface area contributed by atoms with Crippen LogP contribution in [0.3, 0.4) is 0 Å². The Morgan fingerprint density at radius 1 is 1.30 bits per heavy atom. The van der Waals surface area contributed by atoms with Gasteiger partial charge in [-0.1, -0.05) is 32.0 Å². The molecule has 4 heteroatoms. The zero-order chi connectivity index (χ0) is 15.1. The van der Waals surface area contributed by atoms with Crippen LogP contribution in [0, 0.1) is 0 Å². The number of hydrogen-bond acceptors (Lipinski definition) is 3. The van der Waals surface area contributed by atoms with Crippen molar-refractivity contribution >= 4 is 11.6 Å². The Labute approximate surface area is 122 Å². The number of nitrogens with zero attached hydrogens (tertiary/aromatic N) is 1. The molecular weight excluding hydrogens is 250 g/mol. The average molecular weight is 277 g/mol. The van der Waals surface area contributed by atoms with Gasteiger partial charge in [0.2, 0.25) is 5.91 Å². The van der Waals surface area contributed by atoms with E-state index in [-0.39, 0.29) is 18.0 Å². The SMILES string of the molecule is CCC(C)NC(=O)C(C)N(CC)Cc1ccccc1N. The van der Waals surface area contributed by atoms with Crippen LogP contribution in [0.15, 0.2) is 24.3 Å². The predicted molar refractivity (Wildman–Crippen MR) is 84.3 cm³/mol. The summed E-state index contributed by atoms with van der Waals surface area (Å²) in [5.74, 6) is 0.0794. The maximum atomic E-state index is 12.2. The summed E-state index contributed by atoms with van der Waals surface area (Å²) in [6.45, 7) is 9.60. The van der Waals surface area contributed by atoms with Gasteiger partial charge in [0.25, 0.3) is 0 Å². The third-order valence-electron chi connectivity index (χ3n) is 3.76. The lowest BCUT2D eigenvalue weighted by Gasteiger charge is -2.28. The fraction of sp³-hybridized carbons (Fsp3) is 0.562. The van der Waals surface area contributed by atoms with Crippen molar-refractivity contribution in [3.05, 3.63) is 29.8 Å². The van der Waals surface area contributed by atoms with Crippen LogP contribution in [0.4, 0.5) is 5.69 Å². The van der Waals surface area contributed by atoms with Crippen molar-refractivity contribution < 1.29 is 4.79 Å². The first-order valence-electron chi connectivity index (χ1n) is 7.37. The molecule has 1 amide bonds. The lowest BCUT2D eigenvalue weighted by Crippen LogP contribution is -2.47. The highest BCUT2D eigenvalue weighted by Gasteiger charge is 2.21. The van der Waals surface area contributed by atoms with Crippen molar-refractivity contribution in [2.75, 3.05) is 12.3 Å². The molecule has 0 saturated carbocycles. The number of likely N-dealkylation sites (N-methyl/N-ethyl adjacent to an activating group) is 1. The number of carbonyl (C=O) groups excluding carboxylic acids is 1. The van der Waals surface area contributed by atoms with Crippen molar-refractivity contribution in [2.24, 2.45) is 0 Å². The molecule has 0 aliphatic carbocycles. The summed E-state index contributed by atoms with van der Waals surface area (Å²) in [5.41, 5.74) is 7.82. The van der Waals surface area contributed by atoms with Gasteiger partial charge in [0.1, 0.15) is 0 Å². The molecule has 1 aromatic carbocycles. The van der Waals surface area contributed by atoms with E-state index in [1.807, 2.05) is 38.1 Å². The van der Waals surface area contributed by atoms with E-state index in [0.717, 1.165) is 24.2 Å². The maximum absolute atomic E-state index is 12.2. The molecule has 0 bridgehead atoms. The summed E-state index contributed by atoms with van der Waals surface area (Å²) in [7, 11) is 0. The first-order valence-corrected chi connectivity index (χ1v) is 7.37. The second-order valence-corrected chi connectivity index (χ2v) is 5.26. The van der Waals surface area contributed by atoms with E-state index in [4.69, 9.17) is 5.73 Å². The number of amides is 1. The third-order valence-corrected chi connectivity index (χ3v) is 3.76. The molecule has 1 rings (SSSR count). The molecule has 0 aliphatic rings. The molecule has 0 aromatic heterocycles. The number of hydrogen-bond donors (Lipinski definition) is 2. The van der Waals surface area contributed by atoms with Crippen molar-refractivity contribution in [1.29, 1.82) is 0 Å². The standard InChI is InChI=1S/C16H27N3O/c1-5-12(3)18-16(20)13(4)19(6-2)11-14-9-7-8-10-15(14)17/h7-10,12-13H,5-6,11,17H2,1-4H3,(H,18,20). The second-order valence-electron chi connectivity index (χ2n) is 5.26. The van der Waals surface area contributed by atoms with Gasteiger partial charge < -0.3 is 11.1 Å². The fourth-order valence-corrected chi connectivity index (χ4v) is 2.05. The lowest BCUT2D eigenvalue weighted by atomic mass is 10.1. The molecule has 2 atom stereocenters. The number of anilines is 1. The van der Waals surface area contributed by atoms with Gasteiger partial charge in [-0.15, -0.1) is 0 Å². The summed E-state index contributed by atoms with van der Waals surface area (Å²) >= 11 is 0. The summed E-state index contributed by atoms with van der Waals surface area (Å²) in [4.78, 5) is 14.3. The zero-order valence-electron chi connectivity index (χ0n) is 13.0. The molecular formula is C16H27N3O. The van der Waals surface area contributed by atoms with E-state index >= 15 is 0 Å². The minimum atomic E-state index is -0.159. The number of nitrogens with one attached hydrogen (secondary N) is 1. The van der Waals surface area contributed by atoms with Gasteiger partial charge in [-0.05, 0) is 38.4 Å². The van der Waals surface area contributed by atoms with Crippen LogP contribution in [-0.4, -0.2) is 29.4 Å². The van der Waals surface area contributed by atoms with E-state index in [1.54, 1.807) is 0 Å². The van der Waals surface area contributed by atoms with Gasteiger partial charge in [0, 0.05) is 18.3 Å². The third kappa shape index (κ3) is 4.53. The quantitative estimate of drug-likeness (QED) is 0.752. The summed E-state index contributed by atoms with van der Waals surface area (Å²) in [5, 5.41) is 3.03. The highest BCUT2D eigenvalue weighted by atomic mass is 16.2. The zero-order valence-corrected chi connectivity index (χ0v) is 13.0. The van der Waals surface area contributed by atoms with Gasteiger partial charge >= 0.3 is 0 Å². The molecule has 112 valence electrons. The number of rotatable bonds is 7. The van der Waals surface area contributed by atoms with Gasteiger partial charge in [-0.3, -0.25) is 9.69 Å². The molecule has 1 aromatic rings. The molecule has 4 nitrogen and oxygen atoms in total. The van der Waals surface area contributed by atoms with Crippen LogP contribution in [0.1, 0.15) is 39.7 Å². The summed E-state index contributed by atoms with van der Waals surface area (Å²) in [6.07, 6.45) is 0.941. The van der Waals surface area contributed by atoms with Crippen LogP contribution >= 0.6 is 0 Å². The predicted octanol–water partition coefficient (Wildman–Crippen LogP) is 2.39. The van der Waals surface area contributed by atoms with Gasteiger partial charge in [-0.2, -0.15) is 0 Å². The second kappa shape index (κ2) is 7.90. The van der Waals surface area contributed by atoms with Crippen LogP contribution < -0.4 is 11.1 Å². The van der Waals surface area contributed by atoms with Crippen LogP contribution in [-0.2, 0) is 11.3 Å². The van der Waals surface area contributed by atoms with Gasteiger partial charge in [0.15, 0.2) is 0 Å². The highest BCUT2D eigenvalue weighted by Crippen LogP contribution is 2.15. The minimum Gasteiger partial charge on any atom is -0.398 e. The van der Waals surface area contributed by atoms with Crippen molar-refractivity contribution in [1.82, 2.24) is 10.2 Å². The fourth-order valence-electron chi connectivity index (χ4n) is 2.05. The monoisotopic (exact) mass is 277 g/mol. The largest absolute Gasteiger partial charge is 0.398 e. The van der Waals surface area contributed by atoms with E-state index in [0.29, 0.717) is 6.54 Å². The van der Waals surface area contributed by atoms with Crippen molar-refractivity contribution in [3.63, 3.8) is 0 Å². The van der Waals surface area contributed by atoms with E-state index in [1.165, 1.54) is 0 Å². The van der Waals surface area contributed by atoms with E-state index in [2.05, 4.69) is 24.1 Å². The number of para-hydroxylation sites is 1. The Bertz CT molecular complexity index is 433. The number of nitrogen functional groups attached to an aromatic ring is 1. The molecule has 0 aliphatic heterocycles. The number of nitrogens with two attached hydrogens (primary N) is 1. The molecule has 0 heterocycles. The van der Waals surface area contributed by atoms with Crippen LogP contribution in [0.25, 0.3) is 0 Å². The molecule has 3 N–H and O–H groups in total. The molecule has 0 fully saturated rings. The Balaban J connectivity index is 2.70. The van der Waals surface area contributed by atoms with Gasteiger partial charge in [0.05, 0.1) is 6.04 Å². The summed E-state index contributed by atoms with van der Waals surface area (Å²) in [6, 6.07) is 7.86. The minimum absolute atomic E-state index is 0.0794. The molecule has 20 heavy (non-hydrogen) atoms. The highest BCUT2D eigenvalue weighted by molar-refractivity contribution is 5.81. The maximum Gasteiger partial charge on any atom is 0.237 e. The molecule has 0 radical (unpaired) electrons. The normalized spacial score (nSPS) is 14.1. The van der Waals surface area contributed by atoms with Gasteiger partial charge in [-0.25, -0.2) is 0 Å². The van der Waals surface area contributed by atoms with Crippen LogP contribution in [0.5, 0.6) is 0 Å². The first-order chi connectivity index (χ1) is 9.49. The summed E-state index contributed by atoms with van der Waals surface area (Å²) < 4.78 is 0. The molecule has 0 saturated heterocycles. The smallest absolute Gasteiger partial charge is 0.237 e. The van der Waals surface area contributed by atoms with E-state index < -0.39 is 0 Å². The average Bonchev–Trinajstić information content (AvgIpc) is 2.45. The van der Waals surface area contributed by atoms with Crippen LogP contribution in [0.2, 0.25) is 0 Å². The topological polar surface area (TPSA) is 58.4 Å². The Morgan fingerprint density at radius 2 is 1.95 bits per heavy atom. The molecule has 2 unspecified atom stereocenters.